The molecule has 8 heteroatoms. The normalized spacial score (nSPS) is 19.1. The summed E-state index contributed by atoms with van der Waals surface area (Å²) in [6.07, 6.45) is 1.27. The topological polar surface area (TPSA) is 91.0 Å². The fraction of sp³-hybridized carbons (Fsp3) is 0.323. The van der Waals surface area contributed by atoms with Gasteiger partial charge in [0.15, 0.2) is 12.1 Å². The number of amides is 3. The van der Waals surface area contributed by atoms with E-state index in [9.17, 15) is 14.4 Å². The molecule has 2 saturated heterocycles. The lowest BCUT2D eigenvalue weighted by Crippen LogP contribution is -2.47. The van der Waals surface area contributed by atoms with Crippen LogP contribution < -0.4 is 10.6 Å². The van der Waals surface area contributed by atoms with Gasteiger partial charge in [-0.05, 0) is 54.8 Å². The molecule has 2 heterocycles. The van der Waals surface area contributed by atoms with E-state index in [1.807, 2.05) is 66.7 Å². The van der Waals surface area contributed by atoms with Gasteiger partial charge in [0.05, 0.1) is 13.0 Å². The molecule has 0 saturated carbocycles. The minimum Gasteiger partial charge on any atom is -0.438 e. The van der Waals surface area contributed by atoms with Crippen molar-refractivity contribution in [2.45, 2.75) is 38.0 Å². The summed E-state index contributed by atoms with van der Waals surface area (Å²) in [7, 11) is 0. The van der Waals surface area contributed by atoms with Crippen LogP contribution in [0.3, 0.4) is 0 Å². The molecule has 39 heavy (non-hydrogen) atoms. The zero-order valence-electron chi connectivity index (χ0n) is 21.9. The molecule has 8 nitrogen and oxygen atoms in total. The molecule has 0 bridgehead atoms. The Morgan fingerprint density at radius 3 is 2.28 bits per heavy atom. The van der Waals surface area contributed by atoms with Gasteiger partial charge in [-0.1, -0.05) is 72.8 Å². The second kappa shape index (κ2) is 12.6. The summed E-state index contributed by atoms with van der Waals surface area (Å²) in [5, 5.41) is 5.96. The van der Waals surface area contributed by atoms with Crippen LogP contribution in [0.2, 0.25) is 0 Å². The third-order valence-electron chi connectivity index (χ3n) is 7.18. The van der Waals surface area contributed by atoms with Crippen LogP contribution in [0.1, 0.15) is 35.6 Å². The maximum absolute atomic E-state index is 13.5. The molecular weight excluding hydrogens is 492 g/mol. The van der Waals surface area contributed by atoms with Gasteiger partial charge in [-0.3, -0.25) is 14.5 Å². The second-order valence-electron chi connectivity index (χ2n) is 10.0. The van der Waals surface area contributed by atoms with Gasteiger partial charge in [0.2, 0.25) is 11.8 Å². The van der Waals surface area contributed by atoms with Gasteiger partial charge in [0.1, 0.15) is 0 Å². The summed E-state index contributed by atoms with van der Waals surface area (Å²) in [6, 6.07) is 25.4. The van der Waals surface area contributed by atoms with Crippen molar-refractivity contribution in [2.75, 3.05) is 31.5 Å². The molecule has 3 amide bonds. The predicted octanol–water partition coefficient (Wildman–Crippen LogP) is 4.14. The van der Waals surface area contributed by atoms with Crippen LogP contribution in [-0.2, 0) is 27.3 Å². The highest BCUT2D eigenvalue weighted by molar-refractivity contribution is 5.92. The third kappa shape index (κ3) is 6.83. The zero-order valence-corrected chi connectivity index (χ0v) is 21.9. The number of benzene rings is 3. The van der Waals surface area contributed by atoms with Crippen molar-refractivity contribution in [3.05, 3.63) is 102 Å². The maximum Gasteiger partial charge on any atom is 0.411 e. The molecule has 0 aliphatic carbocycles. The molecule has 5 rings (SSSR count). The van der Waals surface area contributed by atoms with Gasteiger partial charge in [0.25, 0.3) is 0 Å². The van der Waals surface area contributed by atoms with E-state index >= 15 is 0 Å². The number of carbonyl (C=O) groups is 3. The van der Waals surface area contributed by atoms with Crippen LogP contribution in [0, 0.1) is 0 Å². The van der Waals surface area contributed by atoms with Gasteiger partial charge < -0.3 is 20.3 Å². The number of ether oxygens (including phenoxy) is 1. The van der Waals surface area contributed by atoms with E-state index < -0.39 is 18.2 Å². The molecule has 0 radical (unpaired) electrons. The first kappa shape index (κ1) is 26.4. The van der Waals surface area contributed by atoms with Crippen molar-refractivity contribution in [2.24, 2.45) is 0 Å². The number of likely N-dealkylation sites (tertiary alicyclic amines) is 1. The van der Waals surface area contributed by atoms with E-state index in [0.29, 0.717) is 17.8 Å². The lowest BCUT2D eigenvalue weighted by atomic mass is 10.00. The van der Waals surface area contributed by atoms with Gasteiger partial charge in [-0.15, -0.1) is 0 Å². The lowest BCUT2D eigenvalue weighted by molar-refractivity contribution is -0.126. The molecule has 0 aromatic heterocycles. The van der Waals surface area contributed by atoms with Gasteiger partial charge in [0, 0.05) is 18.8 Å². The molecule has 2 aliphatic rings. The zero-order chi connectivity index (χ0) is 27.0. The third-order valence-corrected chi connectivity index (χ3v) is 7.18. The van der Waals surface area contributed by atoms with Crippen LogP contribution in [-0.4, -0.2) is 59.9 Å². The standard InChI is InChI=1S/C31H34N4O4/c36-27(20-23-10-3-1-4-11-23)33-26-15-9-14-25(21-26)29-28(30(37)32-16-19-34-17-7-8-18-34)35(31(38)39-29)22-24-12-5-2-6-13-24/h1-6,9-15,21,28-29H,7-8,16-20,22H2,(H,32,37)(H,33,36). The number of nitrogens with one attached hydrogen (secondary N) is 2. The Bertz CT molecular complexity index is 1280. The molecule has 2 aliphatic heterocycles. The summed E-state index contributed by atoms with van der Waals surface area (Å²) >= 11 is 0. The number of hydrogen-bond donors (Lipinski definition) is 2. The summed E-state index contributed by atoms with van der Waals surface area (Å²) < 4.78 is 5.80. The Morgan fingerprint density at radius 1 is 0.872 bits per heavy atom. The summed E-state index contributed by atoms with van der Waals surface area (Å²) in [5.41, 5.74) is 3.06. The van der Waals surface area contributed by atoms with Crippen molar-refractivity contribution in [3.63, 3.8) is 0 Å². The van der Waals surface area contributed by atoms with E-state index in [0.717, 1.165) is 30.8 Å². The molecule has 202 valence electrons. The first-order chi connectivity index (χ1) is 19.1. The Kier molecular flexibility index (Phi) is 8.53. The molecule has 2 fully saturated rings. The monoisotopic (exact) mass is 526 g/mol. The average Bonchev–Trinajstić information content (AvgIpc) is 3.58. The minimum absolute atomic E-state index is 0.149. The number of anilines is 1. The first-order valence-electron chi connectivity index (χ1n) is 13.5. The van der Waals surface area contributed by atoms with Gasteiger partial charge in [-0.25, -0.2) is 4.79 Å². The van der Waals surface area contributed by atoms with Crippen molar-refractivity contribution < 1.29 is 19.1 Å². The van der Waals surface area contributed by atoms with Crippen molar-refractivity contribution >= 4 is 23.6 Å². The van der Waals surface area contributed by atoms with Crippen LogP contribution in [0.25, 0.3) is 0 Å². The van der Waals surface area contributed by atoms with Crippen molar-refractivity contribution in [1.82, 2.24) is 15.1 Å². The Morgan fingerprint density at radius 2 is 1.56 bits per heavy atom. The molecule has 2 atom stereocenters. The molecule has 0 spiro atoms. The van der Waals surface area contributed by atoms with Gasteiger partial charge in [-0.2, -0.15) is 0 Å². The summed E-state index contributed by atoms with van der Waals surface area (Å²) in [5.74, 6) is -0.400. The van der Waals surface area contributed by atoms with Crippen molar-refractivity contribution in [3.8, 4) is 0 Å². The summed E-state index contributed by atoms with van der Waals surface area (Å²) in [4.78, 5) is 43.1. The molecular formula is C31H34N4O4. The number of rotatable bonds is 10. The van der Waals surface area contributed by atoms with Crippen LogP contribution in [0.15, 0.2) is 84.9 Å². The van der Waals surface area contributed by atoms with Crippen molar-refractivity contribution in [1.29, 1.82) is 0 Å². The number of nitrogens with zero attached hydrogens (tertiary/aromatic N) is 2. The fourth-order valence-corrected chi connectivity index (χ4v) is 5.22. The molecule has 3 aromatic rings. The van der Waals surface area contributed by atoms with E-state index in [1.165, 1.54) is 17.7 Å². The smallest absolute Gasteiger partial charge is 0.411 e. The van der Waals surface area contributed by atoms with E-state index in [2.05, 4.69) is 15.5 Å². The van der Waals surface area contributed by atoms with Gasteiger partial charge >= 0.3 is 6.09 Å². The Balaban J connectivity index is 1.32. The Hall–Kier alpha value is -4.17. The SMILES string of the molecule is O=C(Cc1ccccc1)Nc1cccc(C2OC(=O)N(Cc3ccccc3)C2C(=O)NCCN2CCCC2)c1. The van der Waals surface area contributed by atoms with Crippen LogP contribution in [0.5, 0.6) is 0 Å². The Labute approximate surface area is 228 Å². The van der Waals surface area contributed by atoms with Crippen LogP contribution in [0.4, 0.5) is 10.5 Å². The molecule has 3 aromatic carbocycles. The predicted molar refractivity (Wildman–Crippen MR) is 149 cm³/mol. The fourth-order valence-electron chi connectivity index (χ4n) is 5.22. The number of cyclic esters (lactones) is 1. The maximum atomic E-state index is 13.5. The highest BCUT2D eigenvalue weighted by Crippen LogP contribution is 2.35. The largest absolute Gasteiger partial charge is 0.438 e. The highest BCUT2D eigenvalue weighted by Gasteiger charge is 2.47. The summed E-state index contributed by atoms with van der Waals surface area (Å²) in [6.45, 7) is 3.64. The molecule has 2 N–H and O–H groups in total. The van der Waals surface area contributed by atoms with E-state index in [-0.39, 0.29) is 24.8 Å². The van der Waals surface area contributed by atoms with E-state index in [4.69, 9.17) is 4.74 Å². The number of hydrogen-bond acceptors (Lipinski definition) is 5. The second-order valence-corrected chi connectivity index (χ2v) is 10.0. The quantitative estimate of drug-likeness (QED) is 0.414. The highest BCUT2D eigenvalue weighted by atomic mass is 16.6. The first-order valence-corrected chi connectivity index (χ1v) is 13.5. The minimum atomic E-state index is -0.841. The lowest BCUT2D eigenvalue weighted by Gasteiger charge is -2.25. The van der Waals surface area contributed by atoms with E-state index in [1.54, 1.807) is 18.2 Å². The average molecular weight is 527 g/mol. The molecule has 2 unspecified atom stereocenters. The van der Waals surface area contributed by atoms with Crippen LogP contribution >= 0.6 is 0 Å². The number of carbonyl (C=O) groups excluding carboxylic acids is 3.